The van der Waals surface area contributed by atoms with E-state index in [-0.39, 0.29) is 0 Å². The molecule has 0 aromatic heterocycles. The second-order valence-corrected chi connectivity index (χ2v) is 3.10. The Hall–Kier alpha value is -1.51. The smallest absolute Gasteiger partial charge is 0.130 e. The lowest BCUT2D eigenvalue weighted by Crippen LogP contribution is -2.30. The van der Waals surface area contributed by atoms with Crippen LogP contribution in [0, 0.1) is 0 Å². The predicted octanol–water partition coefficient (Wildman–Crippen LogP) is 1.01. The van der Waals surface area contributed by atoms with Crippen molar-refractivity contribution in [1.82, 2.24) is 5.32 Å². The summed E-state index contributed by atoms with van der Waals surface area (Å²) in [5.74, 6) is 0.935. The Morgan fingerprint density at radius 1 is 1.31 bits per heavy atom. The Labute approximate surface area is 77.7 Å². The third-order valence-electron chi connectivity index (χ3n) is 2.11. The first-order valence-electron chi connectivity index (χ1n) is 4.51. The van der Waals surface area contributed by atoms with Crippen molar-refractivity contribution in [1.29, 1.82) is 0 Å². The predicted molar refractivity (Wildman–Crippen MR) is 54.9 cm³/mol. The van der Waals surface area contributed by atoms with Gasteiger partial charge in [0.15, 0.2) is 0 Å². The van der Waals surface area contributed by atoms with Gasteiger partial charge in [-0.05, 0) is 18.6 Å². The molecule has 2 rings (SSSR count). The van der Waals surface area contributed by atoms with Gasteiger partial charge in [0.2, 0.25) is 0 Å². The second kappa shape index (κ2) is 3.47. The fourth-order valence-electron chi connectivity index (χ4n) is 1.43. The van der Waals surface area contributed by atoms with Crippen molar-refractivity contribution in [3.8, 4) is 0 Å². The minimum atomic E-state index is 0.788. The van der Waals surface area contributed by atoms with Crippen LogP contribution >= 0.6 is 0 Å². The van der Waals surface area contributed by atoms with Gasteiger partial charge in [-0.3, -0.25) is 4.99 Å². The molecule has 68 valence electrons. The number of hydrogen-bond acceptors (Lipinski definition) is 3. The maximum atomic E-state index is 5.83. The Morgan fingerprint density at radius 3 is 2.85 bits per heavy atom. The van der Waals surface area contributed by atoms with Crippen molar-refractivity contribution in [3.05, 3.63) is 29.8 Å². The molecule has 1 aromatic rings. The van der Waals surface area contributed by atoms with Crippen LogP contribution in [0.1, 0.15) is 12.0 Å². The maximum absolute atomic E-state index is 5.83. The molecule has 0 radical (unpaired) electrons. The zero-order valence-electron chi connectivity index (χ0n) is 7.46. The van der Waals surface area contributed by atoms with Gasteiger partial charge in [-0.25, -0.2) is 0 Å². The SMILES string of the molecule is Nc1ccccc1C1=NCCCN1. The molecule has 0 amide bonds. The second-order valence-electron chi connectivity index (χ2n) is 3.10. The highest BCUT2D eigenvalue weighted by Crippen LogP contribution is 2.11. The Balaban J connectivity index is 2.34. The van der Waals surface area contributed by atoms with Gasteiger partial charge in [-0.1, -0.05) is 12.1 Å². The standard InChI is InChI=1S/C10H13N3/c11-9-5-2-1-4-8(9)10-12-6-3-7-13-10/h1-2,4-5H,3,6-7,11H2,(H,12,13). The first kappa shape index (κ1) is 8.10. The molecule has 0 bridgehead atoms. The van der Waals surface area contributed by atoms with Crippen LogP contribution in [0.15, 0.2) is 29.3 Å². The molecule has 3 N–H and O–H groups in total. The van der Waals surface area contributed by atoms with E-state index in [4.69, 9.17) is 5.73 Å². The average molecular weight is 175 g/mol. The van der Waals surface area contributed by atoms with Crippen LogP contribution in [0.5, 0.6) is 0 Å². The number of hydrogen-bond donors (Lipinski definition) is 2. The molecule has 3 nitrogen and oxygen atoms in total. The van der Waals surface area contributed by atoms with E-state index in [2.05, 4.69) is 10.3 Å². The van der Waals surface area contributed by atoms with Crippen LogP contribution in [-0.4, -0.2) is 18.9 Å². The van der Waals surface area contributed by atoms with Crippen molar-refractivity contribution < 1.29 is 0 Å². The lowest BCUT2D eigenvalue weighted by Gasteiger charge is -2.15. The number of aliphatic imine (C=N–C) groups is 1. The van der Waals surface area contributed by atoms with Crippen molar-refractivity contribution in [2.45, 2.75) is 6.42 Å². The third-order valence-corrected chi connectivity index (χ3v) is 2.11. The first-order chi connectivity index (χ1) is 6.38. The minimum Gasteiger partial charge on any atom is -0.398 e. The van der Waals surface area contributed by atoms with Gasteiger partial charge in [0.05, 0.1) is 0 Å². The summed E-state index contributed by atoms with van der Waals surface area (Å²) in [6, 6.07) is 7.80. The third kappa shape index (κ3) is 1.64. The number of benzene rings is 1. The molecule has 0 saturated carbocycles. The van der Waals surface area contributed by atoms with Gasteiger partial charge >= 0.3 is 0 Å². The fraction of sp³-hybridized carbons (Fsp3) is 0.300. The number of nitrogen functional groups attached to an aromatic ring is 1. The van der Waals surface area contributed by atoms with Crippen molar-refractivity contribution in [2.24, 2.45) is 4.99 Å². The first-order valence-corrected chi connectivity index (χ1v) is 4.51. The van der Waals surface area contributed by atoms with Gasteiger partial charge in [0, 0.05) is 24.3 Å². The van der Waals surface area contributed by atoms with E-state index < -0.39 is 0 Å². The number of nitrogens with zero attached hydrogens (tertiary/aromatic N) is 1. The van der Waals surface area contributed by atoms with Gasteiger partial charge < -0.3 is 11.1 Å². The number of amidine groups is 1. The van der Waals surface area contributed by atoms with E-state index in [1.165, 1.54) is 0 Å². The van der Waals surface area contributed by atoms with E-state index in [1.807, 2.05) is 24.3 Å². The van der Waals surface area contributed by atoms with E-state index in [0.717, 1.165) is 36.6 Å². The number of nitrogens with two attached hydrogens (primary N) is 1. The topological polar surface area (TPSA) is 50.4 Å². The highest BCUT2D eigenvalue weighted by Gasteiger charge is 2.08. The van der Waals surface area contributed by atoms with E-state index in [0.29, 0.717) is 0 Å². The summed E-state index contributed by atoms with van der Waals surface area (Å²) in [7, 11) is 0. The summed E-state index contributed by atoms with van der Waals surface area (Å²) < 4.78 is 0. The quantitative estimate of drug-likeness (QED) is 0.626. The van der Waals surface area contributed by atoms with Crippen molar-refractivity contribution >= 4 is 11.5 Å². The molecular weight excluding hydrogens is 162 g/mol. The van der Waals surface area contributed by atoms with Crippen molar-refractivity contribution in [2.75, 3.05) is 18.8 Å². The summed E-state index contributed by atoms with van der Waals surface area (Å²) in [6.45, 7) is 1.89. The summed E-state index contributed by atoms with van der Waals surface area (Å²) >= 11 is 0. The van der Waals surface area contributed by atoms with Gasteiger partial charge in [-0.2, -0.15) is 0 Å². The van der Waals surface area contributed by atoms with Crippen LogP contribution in [0.4, 0.5) is 5.69 Å². The highest BCUT2D eigenvalue weighted by atomic mass is 15.0. The summed E-state index contributed by atoms with van der Waals surface area (Å²) in [5, 5.41) is 3.25. The molecule has 0 atom stereocenters. The van der Waals surface area contributed by atoms with E-state index >= 15 is 0 Å². The van der Waals surface area contributed by atoms with Gasteiger partial charge in [0.1, 0.15) is 5.84 Å². The molecule has 0 saturated heterocycles. The molecule has 13 heavy (non-hydrogen) atoms. The molecule has 0 aliphatic carbocycles. The van der Waals surface area contributed by atoms with Crippen molar-refractivity contribution in [3.63, 3.8) is 0 Å². The molecule has 0 fully saturated rings. The lowest BCUT2D eigenvalue weighted by atomic mass is 10.1. The lowest BCUT2D eigenvalue weighted by molar-refractivity contribution is 0.742. The Bertz CT molecular complexity index is 331. The van der Waals surface area contributed by atoms with Crippen LogP contribution in [0.25, 0.3) is 0 Å². The zero-order valence-corrected chi connectivity index (χ0v) is 7.46. The van der Waals surface area contributed by atoms with Crippen LogP contribution in [0.3, 0.4) is 0 Å². The number of anilines is 1. The number of para-hydroxylation sites is 1. The molecule has 0 unspecified atom stereocenters. The minimum absolute atomic E-state index is 0.788. The molecule has 3 heteroatoms. The van der Waals surface area contributed by atoms with Crippen LogP contribution in [-0.2, 0) is 0 Å². The number of nitrogens with one attached hydrogen (secondary N) is 1. The molecule has 1 heterocycles. The molecule has 1 aliphatic heterocycles. The van der Waals surface area contributed by atoms with Crippen LogP contribution < -0.4 is 11.1 Å². The molecule has 0 spiro atoms. The molecular formula is C10H13N3. The summed E-state index contributed by atoms with van der Waals surface area (Å²) in [4.78, 5) is 4.39. The fourth-order valence-corrected chi connectivity index (χ4v) is 1.43. The number of rotatable bonds is 1. The van der Waals surface area contributed by atoms with Crippen LogP contribution in [0.2, 0.25) is 0 Å². The molecule has 1 aliphatic rings. The maximum Gasteiger partial charge on any atom is 0.130 e. The molecule has 1 aromatic carbocycles. The summed E-state index contributed by atoms with van der Waals surface area (Å²) in [5.41, 5.74) is 7.63. The Kier molecular flexibility index (Phi) is 2.17. The monoisotopic (exact) mass is 175 g/mol. The largest absolute Gasteiger partial charge is 0.398 e. The highest BCUT2D eigenvalue weighted by molar-refractivity contribution is 6.03. The van der Waals surface area contributed by atoms with E-state index in [9.17, 15) is 0 Å². The van der Waals surface area contributed by atoms with E-state index in [1.54, 1.807) is 0 Å². The van der Waals surface area contributed by atoms with Gasteiger partial charge in [-0.15, -0.1) is 0 Å². The Morgan fingerprint density at radius 2 is 2.15 bits per heavy atom. The van der Waals surface area contributed by atoms with Gasteiger partial charge in [0.25, 0.3) is 0 Å². The zero-order chi connectivity index (χ0) is 9.10. The normalized spacial score (nSPS) is 16.2. The average Bonchev–Trinajstić information content (AvgIpc) is 2.20. The summed E-state index contributed by atoms with van der Waals surface area (Å²) in [6.07, 6.45) is 1.11.